The van der Waals surface area contributed by atoms with Gasteiger partial charge in [-0.2, -0.15) is 0 Å². The molecule has 3 heterocycles. The number of benzene rings is 3. The molecule has 1 N–H and O–H groups in total. The maximum absolute atomic E-state index is 13.4. The minimum absolute atomic E-state index is 0.0606. The summed E-state index contributed by atoms with van der Waals surface area (Å²) in [7, 11) is 0. The number of hydrogen-bond acceptors (Lipinski definition) is 5. The van der Waals surface area contributed by atoms with E-state index in [1.807, 2.05) is 25.1 Å². The lowest BCUT2D eigenvalue weighted by molar-refractivity contribution is 0.102. The number of carbonyl (C=O) groups excluding carboxylic acids is 1. The lowest BCUT2D eigenvalue weighted by atomic mass is 10.0. The summed E-state index contributed by atoms with van der Waals surface area (Å²) in [4.78, 5) is 22.2. The highest BCUT2D eigenvalue weighted by Gasteiger charge is 2.28. The van der Waals surface area contributed by atoms with Crippen molar-refractivity contribution in [1.29, 1.82) is 0 Å². The lowest BCUT2D eigenvalue weighted by Gasteiger charge is -2.27. The molecule has 0 saturated carbocycles. The molecular formula is C30H27N3OS2. The van der Waals surface area contributed by atoms with E-state index in [1.54, 1.807) is 22.7 Å². The number of thiazole rings is 1. The highest BCUT2D eigenvalue weighted by Crippen LogP contribution is 2.46. The van der Waals surface area contributed by atoms with Crippen molar-refractivity contribution in [3.8, 4) is 10.6 Å². The molecule has 1 amide bonds. The van der Waals surface area contributed by atoms with Gasteiger partial charge in [-0.15, -0.1) is 22.7 Å². The molecule has 6 rings (SSSR count). The lowest BCUT2D eigenvalue weighted by Crippen LogP contribution is -2.29. The van der Waals surface area contributed by atoms with Crippen LogP contribution in [-0.4, -0.2) is 22.3 Å². The van der Waals surface area contributed by atoms with Crippen LogP contribution in [0.1, 0.15) is 37.5 Å². The number of hydrogen-bond donors (Lipinski definition) is 1. The summed E-state index contributed by atoms with van der Waals surface area (Å²) in [6.07, 6.45) is 0.948. The smallest absolute Gasteiger partial charge is 0.256 e. The third-order valence-electron chi connectivity index (χ3n) is 6.75. The van der Waals surface area contributed by atoms with Gasteiger partial charge in [-0.3, -0.25) is 9.69 Å². The summed E-state index contributed by atoms with van der Waals surface area (Å²) in [5.41, 5.74) is 7.63. The first-order valence-corrected chi connectivity index (χ1v) is 13.8. The first kappa shape index (κ1) is 23.1. The molecule has 1 aliphatic heterocycles. The van der Waals surface area contributed by atoms with E-state index in [0.717, 1.165) is 58.3 Å². The number of aromatic nitrogens is 1. The van der Waals surface area contributed by atoms with Crippen molar-refractivity contribution in [2.45, 2.75) is 33.4 Å². The molecule has 180 valence electrons. The van der Waals surface area contributed by atoms with Gasteiger partial charge in [0.25, 0.3) is 5.91 Å². The summed E-state index contributed by atoms with van der Waals surface area (Å²) < 4.78 is 1.17. The summed E-state index contributed by atoms with van der Waals surface area (Å²) in [5.74, 6) is -0.0606. The number of fused-ring (bicyclic) bond motifs is 2. The van der Waals surface area contributed by atoms with Gasteiger partial charge in [-0.25, -0.2) is 4.98 Å². The van der Waals surface area contributed by atoms with Crippen molar-refractivity contribution in [3.05, 3.63) is 105 Å². The zero-order chi connectivity index (χ0) is 24.6. The molecule has 0 spiro atoms. The maximum atomic E-state index is 13.4. The van der Waals surface area contributed by atoms with Crippen LogP contribution in [0, 0.1) is 13.8 Å². The van der Waals surface area contributed by atoms with Crippen LogP contribution < -0.4 is 5.32 Å². The fourth-order valence-electron chi connectivity index (χ4n) is 4.97. The molecule has 1 aliphatic rings. The standard InChI is InChI=1S/C30H27N3OS2/c1-19-12-13-22(20(2)16-19)28(34)32-30-27(29-31-24-10-6-7-11-25(24)35-29)23-14-15-33(18-26(23)36-30)17-21-8-4-3-5-9-21/h3-13,16H,14-15,17-18H2,1-2H3,(H,32,34). The highest BCUT2D eigenvalue weighted by atomic mass is 32.1. The van der Waals surface area contributed by atoms with Crippen LogP contribution >= 0.6 is 22.7 Å². The Morgan fingerprint density at radius 3 is 2.61 bits per heavy atom. The van der Waals surface area contributed by atoms with E-state index in [4.69, 9.17) is 4.98 Å². The third kappa shape index (κ3) is 4.48. The minimum Gasteiger partial charge on any atom is -0.313 e. The highest BCUT2D eigenvalue weighted by molar-refractivity contribution is 7.23. The van der Waals surface area contributed by atoms with Crippen molar-refractivity contribution in [1.82, 2.24) is 9.88 Å². The van der Waals surface area contributed by atoms with E-state index in [9.17, 15) is 4.79 Å². The summed E-state index contributed by atoms with van der Waals surface area (Å²) in [5, 5.41) is 5.17. The van der Waals surface area contributed by atoms with E-state index >= 15 is 0 Å². The Hall–Kier alpha value is -3.32. The second kappa shape index (κ2) is 9.62. The number of anilines is 1. The largest absolute Gasteiger partial charge is 0.313 e. The molecule has 4 nitrogen and oxygen atoms in total. The van der Waals surface area contributed by atoms with E-state index < -0.39 is 0 Å². The van der Waals surface area contributed by atoms with E-state index in [1.165, 1.54) is 20.7 Å². The van der Waals surface area contributed by atoms with Crippen LogP contribution in [0.2, 0.25) is 0 Å². The van der Waals surface area contributed by atoms with Crippen molar-refractivity contribution in [3.63, 3.8) is 0 Å². The van der Waals surface area contributed by atoms with Gasteiger partial charge in [0.2, 0.25) is 0 Å². The molecular weight excluding hydrogens is 482 g/mol. The van der Waals surface area contributed by atoms with Crippen LogP contribution in [0.5, 0.6) is 0 Å². The Bertz CT molecular complexity index is 1540. The van der Waals surface area contributed by atoms with Gasteiger partial charge in [-0.1, -0.05) is 60.2 Å². The fraction of sp³-hybridized carbons (Fsp3) is 0.200. The molecule has 0 unspecified atom stereocenters. The third-order valence-corrected chi connectivity index (χ3v) is 8.93. The number of nitrogens with one attached hydrogen (secondary N) is 1. The van der Waals surface area contributed by atoms with Gasteiger partial charge in [0, 0.05) is 35.6 Å². The second-order valence-corrected chi connectivity index (χ2v) is 11.5. The van der Waals surface area contributed by atoms with E-state index in [0.29, 0.717) is 5.56 Å². The van der Waals surface area contributed by atoms with Crippen LogP contribution in [-0.2, 0) is 19.5 Å². The van der Waals surface area contributed by atoms with Gasteiger partial charge < -0.3 is 5.32 Å². The molecule has 2 aromatic heterocycles. The molecule has 0 saturated heterocycles. The molecule has 6 heteroatoms. The van der Waals surface area contributed by atoms with Gasteiger partial charge in [-0.05, 0) is 55.2 Å². The number of nitrogens with zero attached hydrogens (tertiary/aromatic N) is 2. The summed E-state index contributed by atoms with van der Waals surface area (Å²) in [6, 6.07) is 24.9. The number of carbonyl (C=O) groups is 1. The van der Waals surface area contributed by atoms with Crippen molar-refractivity contribution in [2.75, 3.05) is 11.9 Å². The van der Waals surface area contributed by atoms with Crippen LogP contribution in [0.15, 0.2) is 72.8 Å². The van der Waals surface area contributed by atoms with Crippen molar-refractivity contribution >= 4 is 43.8 Å². The molecule has 5 aromatic rings. The van der Waals surface area contributed by atoms with Crippen molar-refractivity contribution in [2.24, 2.45) is 0 Å². The molecule has 0 bridgehead atoms. The van der Waals surface area contributed by atoms with Crippen LogP contribution in [0.25, 0.3) is 20.8 Å². The molecule has 0 atom stereocenters. The average molecular weight is 510 g/mol. The van der Waals surface area contributed by atoms with Gasteiger partial charge in [0.15, 0.2) is 0 Å². The Morgan fingerprint density at radius 1 is 1.00 bits per heavy atom. The summed E-state index contributed by atoms with van der Waals surface area (Å²) in [6.45, 7) is 6.85. The number of thiophene rings is 1. The van der Waals surface area contributed by atoms with Gasteiger partial charge in [0.1, 0.15) is 10.0 Å². The first-order valence-electron chi connectivity index (χ1n) is 12.2. The molecule has 0 aliphatic carbocycles. The van der Waals surface area contributed by atoms with Crippen LogP contribution in [0.3, 0.4) is 0 Å². The average Bonchev–Trinajstić information content (AvgIpc) is 3.44. The first-order chi connectivity index (χ1) is 17.5. The topological polar surface area (TPSA) is 45.2 Å². The monoisotopic (exact) mass is 509 g/mol. The van der Waals surface area contributed by atoms with Crippen molar-refractivity contribution < 1.29 is 4.79 Å². The quantitative estimate of drug-likeness (QED) is 0.268. The number of rotatable bonds is 5. The fourth-order valence-corrected chi connectivity index (χ4v) is 7.36. The Balaban J connectivity index is 1.38. The number of amides is 1. The molecule has 36 heavy (non-hydrogen) atoms. The van der Waals surface area contributed by atoms with Crippen LogP contribution in [0.4, 0.5) is 5.00 Å². The molecule has 0 radical (unpaired) electrons. The van der Waals surface area contributed by atoms with Gasteiger partial charge >= 0.3 is 0 Å². The van der Waals surface area contributed by atoms with Gasteiger partial charge in [0.05, 0.1) is 10.2 Å². The van der Waals surface area contributed by atoms with E-state index in [-0.39, 0.29) is 5.91 Å². The second-order valence-electron chi connectivity index (χ2n) is 9.41. The Labute approximate surface area is 219 Å². The zero-order valence-corrected chi connectivity index (χ0v) is 22.0. The molecule has 3 aromatic carbocycles. The maximum Gasteiger partial charge on any atom is 0.256 e. The zero-order valence-electron chi connectivity index (χ0n) is 20.4. The predicted molar refractivity (Wildman–Crippen MR) is 151 cm³/mol. The predicted octanol–water partition coefficient (Wildman–Crippen LogP) is 7.45. The number of para-hydroxylation sites is 1. The van der Waals surface area contributed by atoms with E-state index in [2.05, 4.69) is 71.7 Å². The Kier molecular flexibility index (Phi) is 6.17. The Morgan fingerprint density at radius 2 is 1.81 bits per heavy atom. The number of aryl methyl sites for hydroxylation is 2. The molecule has 0 fully saturated rings. The normalized spacial score (nSPS) is 13.6. The SMILES string of the molecule is Cc1ccc(C(=O)Nc2sc3c(c2-c2nc4ccccc4s2)CCN(Cc2ccccc2)C3)c(C)c1. The minimum atomic E-state index is -0.0606. The summed E-state index contributed by atoms with van der Waals surface area (Å²) >= 11 is 3.41.